The summed E-state index contributed by atoms with van der Waals surface area (Å²) in [5.74, 6) is 0.367. The molecule has 1 rings (SSSR count). The SMILES string of the molecule is CC(C)(C)Oc1cc(O)c(OC(C)(C)C)cc1O. The topological polar surface area (TPSA) is 58.9 Å². The Hall–Kier alpha value is -1.58. The smallest absolute Gasteiger partial charge is 0.165 e. The molecule has 0 heterocycles. The van der Waals surface area contributed by atoms with Gasteiger partial charge in [0.05, 0.1) is 0 Å². The second kappa shape index (κ2) is 4.59. The van der Waals surface area contributed by atoms with Crippen molar-refractivity contribution in [2.45, 2.75) is 52.7 Å². The van der Waals surface area contributed by atoms with Crippen LogP contribution >= 0.6 is 0 Å². The molecule has 0 fully saturated rings. The summed E-state index contributed by atoms with van der Waals surface area (Å²) in [6, 6.07) is 2.73. The number of hydrogen-bond donors (Lipinski definition) is 2. The first-order valence-corrected chi connectivity index (χ1v) is 5.92. The summed E-state index contributed by atoms with van der Waals surface area (Å²) in [5.41, 5.74) is -0.896. The number of rotatable bonds is 2. The summed E-state index contributed by atoms with van der Waals surface area (Å²) in [5, 5.41) is 19.7. The molecular formula is C14H22O4. The normalized spacial score (nSPS) is 12.3. The van der Waals surface area contributed by atoms with Gasteiger partial charge in [0.2, 0.25) is 0 Å². The molecule has 0 saturated heterocycles. The maximum atomic E-state index is 9.86. The molecule has 102 valence electrons. The molecule has 0 aliphatic rings. The van der Waals surface area contributed by atoms with E-state index in [1.165, 1.54) is 12.1 Å². The summed E-state index contributed by atoms with van der Waals surface area (Å²) in [6.07, 6.45) is 0. The van der Waals surface area contributed by atoms with E-state index in [1.54, 1.807) is 0 Å². The summed E-state index contributed by atoms with van der Waals surface area (Å²) in [7, 11) is 0. The maximum absolute atomic E-state index is 9.86. The van der Waals surface area contributed by atoms with Crippen molar-refractivity contribution in [2.75, 3.05) is 0 Å². The van der Waals surface area contributed by atoms with Crippen molar-refractivity contribution < 1.29 is 19.7 Å². The molecule has 4 heteroatoms. The number of ether oxygens (including phenoxy) is 2. The fourth-order valence-corrected chi connectivity index (χ4v) is 1.36. The fourth-order valence-electron chi connectivity index (χ4n) is 1.36. The minimum atomic E-state index is -0.448. The largest absolute Gasteiger partial charge is 0.504 e. The molecule has 0 amide bonds. The maximum Gasteiger partial charge on any atom is 0.165 e. The first kappa shape index (κ1) is 14.5. The summed E-state index contributed by atoms with van der Waals surface area (Å²) in [4.78, 5) is 0. The molecule has 0 aliphatic carbocycles. The zero-order valence-electron chi connectivity index (χ0n) is 11.9. The molecule has 0 atom stereocenters. The molecule has 0 spiro atoms. The average Bonchev–Trinajstić information content (AvgIpc) is 2.08. The molecule has 0 unspecified atom stereocenters. The minimum absolute atomic E-state index is 0.0537. The van der Waals surface area contributed by atoms with Gasteiger partial charge in [-0.05, 0) is 41.5 Å². The van der Waals surface area contributed by atoms with E-state index in [4.69, 9.17) is 9.47 Å². The molecule has 0 saturated carbocycles. The number of benzene rings is 1. The zero-order valence-corrected chi connectivity index (χ0v) is 11.9. The van der Waals surface area contributed by atoms with Crippen LogP contribution in [0.5, 0.6) is 23.0 Å². The molecule has 2 N–H and O–H groups in total. The van der Waals surface area contributed by atoms with E-state index in [0.717, 1.165) is 0 Å². The van der Waals surface area contributed by atoms with Gasteiger partial charge in [-0.2, -0.15) is 0 Å². The van der Waals surface area contributed by atoms with Crippen LogP contribution in [0.3, 0.4) is 0 Å². The van der Waals surface area contributed by atoms with Gasteiger partial charge in [-0.3, -0.25) is 0 Å². The van der Waals surface area contributed by atoms with E-state index < -0.39 is 11.2 Å². The van der Waals surface area contributed by atoms with E-state index in [-0.39, 0.29) is 23.0 Å². The third-order valence-electron chi connectivity index (χ3n) is 1.87. The van der Waals surface area contributed by atoms with Crippen molar-refractivity contribution in [3.8, 4) is 23.0 Å². The third kappa shape index (κ3) is 4.35. The predicted octanol–water partition coefficient (Wildman–Crippen LogP) is 3.45. The van der Waals surface area contributed by atoms with Crippen LogP contribution < -0.4 is 9.47 Å². The standard InChI is InChI=1S/C14H22O4/c1-13(2,3)17-11-7-10(16)12(8-9(11)15)18-14(4,5)6/h7-8,15-16H,1-6H3. The van der Waals surface area contributed by atoms with Crippen molar-refractivity contribution in [3.63, 3.8) is 0 Å². The third-order valence-corrected chi connectivity index (χ3v) is 1.87. The molecule has 1 aromatic carbocycles. The Kier molecular flexibility index (Phi) is 3.70. The number of phenolic OH excluding ortho intramolecular Hbond substituents is 2. The van der Waals surface area contributed by atoms with Crippen molar-refractivity contribution in [3.05, 3.63) is 12.1 Å². The predicted molar refractivity (Wildman–Crippen MR) is 70.5 cm³/mol. The highest BCUT2D eigenvalue weighted by molar-refractivity contribution is 5.53. The fraction of sp³-hybridized carbons (Fsp3) is 0.571. The molecule has 1 aromatic rings. The van der Waals surface area contributed by atoms with Gasteiger partial charge in [-0.1, -0.05) is 0 Å². The summed E-state index contributed by atoms with van der Waals surface area (Å²) in [6.45, 7) is 11.2. The Bertz CT molecular complexity index is 383. The quantitative estimate of drug-likeness (QED) is 0.794. The lowest BCUT2D eigenvalue weighted by molar-refractivity contribution is 0.117. The van der Waals surface area contributed by atoms with Crippen molar-refractivity contribution in [2.24, 2.45) is 0 Å². The second-order valence-electron chi connectivity index (χ2n) is 6.22. The van der Waals surface area contributed by atoms with Crippen molar-refractivity contribution in [1.82, 2.24) is 0 Å². The monoisotopic (exact) mass is 254 g/mol. The zero-order chi connectivity index (χ0) is 14.1. The Labute approximate surface area is 108 Å². The van der Waals surface area contributed by atoms with Crippen LogP contribution in [0, 0.1) is 0 Å². The van der Waals surface area contributed by atoms with Crippen LogP contribution in [0.1, 0.15) is 41.5 Å². The van der Waals surface area contributed by atoms with Crippen LogP contribution in [0.25, 0.3) is 0 Å². The average molecular weight is 254 g/mol. The molecule has 0 aliphatic heterocycles. The van der Waals surface area contributed by atoms with Gasteiger partial charge < -0.3 is 19.7 Å². The highest BCUT2D eigenvalue weighted by Gasteiger charge is 2.20. The summed E-state index contributed by atoms with van der Waals surface area (Å²) < 4.78 is 11.1. The highest BCUT2D eigenvalue weighted by atomic mass is 16.5. The van der Waals surface area contributed by atoms with Gasteiger partial charge in [0.15, 0.2) is 23.0 Å². The van der Waals surface area contributed by atoms with E-state index in [9.17, 15) is 10.2 Å². The van der Waals surface area contributed by atoms with E-state index in [0.29, 0.717) is 0 Å². The molecule has 0 aromatic heterocycles. The number of phenols is 2. The van der Waals surface area contributed by atoms with Crippen molar-refractivity contribution in [1.29, 1.82) is 0 Å². The van der Waals surface area contributed by atoms with E-state index >= 15 is 0 Å². The molecule has 0 bridgehead atoms. The minimum Gasteiger partial charge on any atom is -0.504 e. The van der Waals surface area contributed by atoms with E-state index in [2.05, 4.69) is 0 Å². The lowest BCUT2D eigenvalue weighted by Gasteiger charge is -2.24. The molecule has 18 heavy (non-hydrogen) atoms. The lowest BCUT2D eigenvalue weighted by Crippen LogP contribution is -2.24. The van der Waals surface area contributed by atoms with Crippen LogP contribution in [-0.2, 0) is 0 Å². The van der Waals surface area contributed by atoms with Crippen LogP contribution in [-0.4, -0.2) is 21.4 Å². The van der Waals surface area contributed by atoms with Crippen LogP contribution in [0.4, 0.5) is 0 Å². The highest BCUT2D eigenvalue weighted by Crippen LogP contribution is 2.40. The van der Waals surface area contributed by atoms with Gasteiger partial charge in [-0.25, -0.2) is 0 Å². The second-order valence-corrected chi connectivity index (χ2v) is 6.22. The Balaban J connectivity index is 3.05. The van der Waals surface area contributed by atoms with Gasteiger partial charge in [0.1, 0.15) is 11.2 Å². The van der Waals surface area contributed by atoms with Crippen LogP contribution in [0.15, 0.2) is 12.1 Å². The van der Waals surface area contributed by atoms with Crippen LogP contribution in [0.2, 0.25) is 0 Å². The molecular weight excluding hydrogens is 232 g/mol. The van der Waals surface area contributed by atoms with Crippen molar-refractivity contribution >= 4 is 0 Å². The van der Waals surface area contributed by atoms with Gasteiger partial charge >= 0.3 is 0 Å². The Morgan fingerprint density at radius 3 is 1.22 bits per heavy atom. The summed E-state index contributed by atoms with van der Waals surface area (Å²) >= 11 is 0. The van der Waals surface area contributed by atoms with Gasteiger partial charge in [0.25, 0.3) is 0 Å². The number of hydrogen-bond acceptors (Lipinski definition) is 4. The van der Waals surface area contributed by atoms with Gasteiger partial charge in [0, 0.05) is 12.1 Å². The Morgan fingerprint density at radius 2 is 1.00 bits per heavy atom. The Morgan fingerprint density at radius 1 is 0.722 bits per heavy atom. The molecule has 0 radical (unpaired) electrons. The lowest BCUT2D eigenvalue weighted by atomic mass is 10.1. The van der Waals surface area contributed by atoms with E-state index in [1.807, 2.05) is 41.5 Å². The first-order chi connectivity index (χ1) is 7.98. The molecule has 4 nitrogen and oxygen atoms in total. The number of aromatic hydroxyl groups is 2. The van der Waals surface area contributed by atoms with Gasteiger partial charge in [-0.15, -0.1) is 0 Å². The first-order valence-electron chi connectivity index (χ1n) is 5.92.